The Morgan fingerprint density at radius 3 is 2.94 bits per heavy atom. The second-order valence-corrected chi connectivity index (χ2v) is 4.31. The molecular weight excluding hydrogens is 214 g/mol. The first-order chi connectivity index (χ1) is 8.15. The largest absolute Gasteiger partial charge is 0.354 e. The van der Waals surface area contributed by atoms with Crippen molar-refractivity contribution in [2.45, 2.75) is 32.7 Å². The molecule has 1 heterocycles. The van der Waals surface area contributed by atoms with E-state index in [2.05, 4.69) is 10.3 Å². The Hall–Kier alpha value is -1.42. The molecule has 1 amide bonds. The average Bonchev–Trinajstić information content (AvgIpc) is 2.38. The fourth-order valence-corrected chi connectivity index (χ4v) is 1.51. The number of hydrogen-bond acceptors (Lipinski definition) is 3. The first-order valence-electron chi connectivity index (χ1n) is 6.07. The molecule has 17 heavy (non-hydrogen) atoms. The number of carbonyl (C=O) groups excluding carboxylic acids is 1. The number of nitrogens with zero attached hydrogens (tertiary/aromatic N) is 1. The van der Waals surface area contributed by atoms with E-state index in [0.29, 0.717) is 6.54 Å². The number of hydrogen-bond donors (Lipinski definition) is 2. The van der Waals surface area contributed by atoms with Crippen LogP contribution < -0.4 is 11.1 Å². The quantitative estimate of drug-likeness (QED) is 0.776. The molecule has 4 nitrogen and oxygen atoms in total. The molecule has 94 valence electrons. The van der Waals surface area contributed by atoms with Gasteiger partial charge in [-0.2, -0.15) is 0 Å². The maximum Gasteiger partial charge on any atom is 0.237 e. The number of nitrogens with one attached hydrogen (secondary N) is 1. The van der Waals surface area contributed by atoms with Crippen LogP contribution in [0.15, 0.2) is 24.5 Å². The third-order valence-electron chi connectivity index (χ3n) is 3.00. The molecule has 0 aliphatic heterocycles. The van der Waals surface area contributed by atoms with E-state index >= 15 is 0 Å². The van der Waals surface area contributed by atoms with Crippen LogP contribution in [0.4, 0.5) is 0 Å². The zero-order chi connectivity index (χ0) is 12.7. The molecule has 0 fully saturated rings. The van der Waals surface area contributed by atoms with Crippen molar-refractivity contribution < 1.29 is 4.79 Å². The molecule has 0 aromatic carbocycles. The number of carbonyl (C=O) groups is 1. The topological polar surface area (TPSA) is 68.0 Å². The molecule has 0 bridgehead atoms. The molecule has 0 aliphatic carbocycles. The van der Waals surface area contributed by atoms with Gasteiger partial charge in [-0.05, 0) is 24.0 Å². The van der Waals surface area contributed by atoms with E-state index in [9.17, 15) is 4.79 Å². The van der Waals surface area contributed by atoms with Gasteiger partial charge in [0.1, 0.15) is 0 Å². The lowest BCUT2D eigenvalue weighted by atomic mass is 9.99. The second kappa shape index (κ2) is 7.01. The number of nitrogens with two attached hydrogens (primary N) is 1. The van der Waals surface area contributed by atoms with Crippen molar-refractivity contribution in [2.75, 3.05) is 6.54 Å². The van der Waals surface area contributed by atoms with E-state index in [0.717, 1.165) is 18.4 Å². The summed E-state index contributed by atoms with van der Waals surface area (Å²) in [5.41, 5.74) is 6.94. The Morgan fingerprint density at radius 1 is 1.59 bits per heavy atom. The average molecular weight is 235 g/mol. The Kier molecular flexibility index (Phi) is 5.63. The van der Waals surface area contributed by atoms with Crippen molar-refractivity contribution in [1.82, 2.24) is 10.3 Å². The van der Waals surface area contributed by atoms with Crippen LogP contribution in [0.1, 0.15) is 25.8 Å². The summed E-state index contributed by atoms with van der Waals surface area (Å²) in [6.45, 7) is 4.63. The van der Waals surface area contributed by atoms with E-state index < -0.39 is 6.04 Å². The van der Waals surface area contributed by atoms with Crippen LogP contribution in [-0.4, -0.2) is 23.5 Å². The van der Waals surface area contributed by atoms with Gasteiger partial charge in [0.25, 0.3) is 0 Å². The number of aromatic nitrogens is 1. The molecule has 2 atom stereocenters. The summed E-state index contributed by atoms with van der Waals surface area (Å²) < 4.78 is 0. The van der Waals surface area contributed by atoms with Crippen LogP contribution in [0.3, 0.4) is 0 Å². The predicted molar refractivity (Wildman–Crippen MR) is 68.4 cm³/mol. The highest BCUT2D eigenvalue weighted by atomic mass is 16.2. The van der Waals surface area contributed by atoms with Crippen molar-refractivity contribution in [3.63, 3.8) is 0 Å². The first-order valence-corrected chi connectivity index (χ1v) is 6.07. The molecule has 0 saturated heterocycles. The van der Waals surface area contributed by atoms with E-state index in [-0.39, 0.29) is 11.8 Å². The minimum atomic E-state index is -0.408. The van der Waals surface area contributed by atoms with Gasteiger partial charge < -0.3 is 11.1 Å². The minimum absolute atomic E-state index is 0.0664. The van der Waals surface area contributed by atoms with Crippen molar-refractivity contribution in [3.05, 3.63) is 30.1 Å². The fourth-order valence-electron chi connectivity index (χ4n) is 1.51. The normalized spacial score (nSPS) is 14.1. The summed E-state index contributed by atoms with van der Waals surface area (Å²) in [6.07, 6.45) is 5.24. The lowest BCUT2D eigenvalue weighted by molar-refractivity contribution is -0.123. The molecular formula is C13H21N3O. The fraction of sp³-hybridized carbons (Fsp3) is 0.538. The number of pyridine rings is 1. The van der Waals surface area contributed by atoms with Gasteiger partial charge in [-0.1, -0.05) is 26.3 Å². The molecule has 1 unspecified atom stereocenters. The highest BCUT2D eigenvalue weighted by molar-refractivity contribution is 5.81. The Morgan fingerprint density at radius 2 is 2.35 bits per heavy atom. The second-order valence-electron chi connectivity index (χ2n) is 4.31. The summed E-state index contributed by atoms with van der Waals surface area (Å²) in [5.74, 6) is 0.150. The van der Waals surface area contributed by atoms with Gasteiger partial charge in [0.15, 0.2) is 0 Å². The predicted octanol–water partition coefficient (Wildman–Crippen LogP) is 1.11. The Bertz CT molecular complexity index is 340. The SMILES string of the molecule is CCC(C)[C@H](N)C(=O)NCCc1cccnc1. The van der Waals surface area contributed by atoms with Gasteiger partial charge >= 0.3 is 0 Å². The van der Waals surface area contributed by atoms with Crippen LogP contribution in [-0.2, 0) is 11.2 Å². The minimum Gasteiger partial charge on any atom is -0.354 e. The van der Waals surface area contributed by atoms with Gasteiger partial charge in [-0.15, -0.1) is 0 Å². The summed E-state index contributed by atoms with van der Waals surface area (Å²) in [6, 6.07) is 3.48. The maximum absolute atomic E-state index is 11.7. The van der Waals surface area contributed by atoms with E-state index in [1.54, 1.807) is 12.4 Å². The molecule has 3 N–H and O–H groups in total. The number of rotatable bonds is 6. The van der Waals surface area contributed by atoms with Crippen LogP contribution in [0.5, 0.6) is 0 Å². The summed E-state index contributed by atoms with van der Waals surface area (Å²) >= 11 is 0. The van der Waals surface area contributed by atoms with E-state index in [1.165, 1.54) is 0 Å². The van der Waals surface area contributed by atoms with Crippen LogP contribution in [0.25, 0.3) is 0 Å². The van der Waals surface area contributed by atoms with Gasteiger partial charge in [-0.25, -0.2) is 0 Å². The molecule has 1 rings (SSSR count). The number of amides is 1. The lowest BCUT2D eigenvalue weighted by Gasteiger charge is -2.17. The Labute approximate surface area is 103 Å². The molecule has 0 radical (unpaired) electrons. The lowest BCUT2D eigenvalue weighted by Crippen LogP contribution is -2.45. The molecule has 1 aromatic heterocycles. The molecule has 0 saturated carbocycles. The molecule has 4 heteroatoms. The van der Waals surface area contributed by atoms with Crippen molar-refractivity contribution in [3.8, 4) is 0 Å². The highest BCUT2D eigenvalue weighted by Crippen LogP contribution is 2.05. The monoisotopic (exact) mass is 235 g/mol. The van der Waals surface area contributed by atoms with Gasteiger partial charge in [-0.3, -0.25) is 9.78 Å². The summed E-state index contributed by atoms with van der Waals surface area (Å²) in [7, 11) is 0. The van der Waals surface area contributed by atoms with Gasteiger partial charge in [0.2, 0.25) is 5.91 Å². The molecule has 0 aliphatic rings. The highest BCUT2D eigenvalue weighted by Gasteiger charge is 2.18. The van der Waals surface area contributed by atoms with Gasteiger partial charge in [0, 0.05) is 18.9 Å². The van der Waals surface area contributed by atoms with Gasteiger partial charge in [0.05, 0.1) is 6.04 Å². The Balaban J connectivity index is 2.29. The smallest absolute Gasteiger partial charge is 0.237 e. The van der Waals surface area contributed by atoms with Crippen molar-refractivity contribution >= 4 is 5.91 Å². The zero-order valence-corrected chi connectivity index (χ0v) is 10.5. The first kappa shape index (κ1) is 13.6. The maximum atomic E-state index is 11.7. The van der Waals surface area contributed by atoms with Crippen LogP contribution in [0, 0.1) is 5.92 Å². The zero-order valence-electron chi connectivity index (χ0n) is 10.5. The third kappa shape index (κ3) is 4.53. The van der Waals surface area contributed by atoms with Crippen LogP contribution in [0.2, 0.25) is 0 Å². The van der Waals surface area contributed by atoms with Crippen LogP contribution >= 0.6 is 0 Å². The third-order valence-corrected chi connectivity index (χ3v) is 3.00. The standard InChI is InChI=1S/C13H21N3O/c1-3-10(2)12(14)13(17)16-8-6-11-5-4-7-15-9-11/h4-5,7,9-10,12H,3,6,8,14H2,1-2H3,(H,16,17)/t10?,12-/m0/s1. The summed E-state index contributed by atoms with van der Waals surface area (Å²) in [5, 5.41) is 2.85. The van der Waals surface area contributed by atoms with E-state index in [1.807, 2.05) is 26.0 Å². The molecule has 1 aromatic rings. The van der Waals surface area contributed by atoms with Crippen molar-refractivity contribution in [2.24, 2.45) is 11.7 Å². The summed E-state index contributed by atoms with van der Waals surface area (Å²) in [4.78, 5) is 15.7. The van der Waals surface area contributed by atoms with Crippen molar-refractivity contribution in [1.29, 1.82) is 0 Å². The van der Waals surface area contributed by atoms with E-state index in [4.69, 9.17) is 5.73 Å². The molecule has 0 spiro atoms.